The second-order valence-electron chi connectivity index (χ2n) is 6.21. The molecule has 4 aromatic rings. The normalized spacial score (nSPS) is 11.1. The van der Waals surface area contributed by atoms with Crippen LogP contribution in [0.15, 0.2) is 66.7 Å². The Labute approximate surface area is 150 Å². The van der Waals surface area contributed by atoms with Gasteiger partial charge >= 0.3 is 5.97 Å². The van der Waals surface area contributed by atoms with E-state index in [-0.39, 0.29) is 0 Å². The molecule has 0 atom stereocenters. The largest absolute Gasteiger partial charge is 0.478 e. The number of pyridine rings is 1. The van der Waals surface area contributed by atoms with E-state index in [1.807, 2.05) is 54.6 Å². The zero-order valence-corrected chi connectivity index (χ0v) is 14.1. The maximum atomic E-state index is 12.0. The van der Waals surface area contributed by atoms with Crippen LogP contribution in [0.3, 0.4) is 0 Å². The predicted octanol–water partition coefficient (Wildman–Crippen LogP) is 4.25. The molecule has 0 saturated carbocycles. The maximum Gasteiger partial charge on any atom is 0.337 e. The van der Waals surface area contributed by atoms with Crippen molar-refractivity contribution >= 4 is 27.8 Å². The molecule has 0 radical (unpaired) electrons. The number of carboxylic acid groups (broad SMARTS) is 1. The number of aromatic nitrogens is 1. The zero-order valence-electron chi connectivity index (χ0n) is 14.1. The molecule has 4 nitrogen and oxygen atoms in total. The zero-order chi connectivity index (χ0) is 18.1. The Hall–Kier alpha value is -3.24. The quantitative estimate of drug-likeness (QED) is 0.544. The summed E-state index contributed by atoms with van der Waals surface area (Å²) < 4.78 is 0. The molecule has 0 amide bonds. The van der Waals surface area contributed by atoms with E-state index in [2.05, 4.69) is 6.07 Å². The second kappa shape index (κ2) is 6.58. The van der Waals surface area contributed by atoms with Crippen molar-refractivity contribution in [1.29, 1.82) is 0 Å². The number of nitrogens with zero attached hydrogens (tertiary/aromatic N) is 1. The molecule has 0 saturated heterocycles. The fourth-order valence-corrected chi connectivity index (χ4v) is 3.52. The van der Waals surface area contributed by atoms with Gasteiger partial charge in [-0.3, -0.25) is 0 Å². The average Bonchev–Trinajstić information content (AvgIpc) is 2.66. The highest BCUT2D eigenvalue weighted by Crippen LogP contribution is 2.34. The summed E-state index contributed by atoms with van der Waals surface area (Å²) in [6, 6.07) is 21.1. The lowest BCUT2D eigenvalue weighted by Gasteiger charge is -2.14. The first-order valence-corrected chi connectivity index (χ1v) is 8.54. The molecule has 1 heterocycles. The molecular weight excluding hydrogens is 324 g/mol. The Balaban J connectivity index is 2.12. The number of rotatable bonds is 4. The topological polar surface area (TPSA) is 76.2 Å². The summed E-state index contributed by atoms with van der Waals surface area (Å²) in [6.45, 7) is 0.554. The highest BCUT2D eigenvalue weighted by atomic mass is 16.4. The van der Waals surface area contributed by atoms with Gasteiger partial charge in [0.15, 0.2) is 0 Å². The highest BCUT2D eigenvalue weighted by Gasteiger charge is 2.18. The van der Waals surface area contributed by atoms with E-state index in [4.69, 9.17) is 10.7 Å². The van der Waals surface area contributed by atoms with Crippen LogP contribution in [-0.2, 0) is 6.42 Å². The van der Waals surface area contributed by atoms with Crippen molar-refractivity contribution < 1.29 is 9.90 Å². The van der Waals surface area contributed by atoms with Crippen LogP contribution in [0.2, 0.25) is 0 Å². The first kappa shape index (κ1) is 16.2. The lowest BCUT2D eigenvalue weighted by atomic mass is 9.93. The minimum Gasteiger partial charge on any atom is -0.478 e. The van der Waals surface area contributed by atoms with Gasteiger partial charge in [-0.15, -0.1) is 0 Å². The molecule has 1 aromatic heterocycles. The Morgan fingerprint density at radius 3 is 2.38 bits per heavy atom. The molecule has 0 bridgehead atoms. The number of hydrogen-bond acceptors (Lipinski definition) is 3. The minimum atomic E-state index is -0.944. The van der Waals surface area contributed by atoms with Crippen molar-refractivity contribution in [3.05, 3.63) is 77.9 Å². The molecule has 128 valence electrons. The van der Waals surface area contributed by atoms with Gasteiger partial charge in [-0.1, -0.05) is 60.7 Å². The van der Waals surface area contributed by atoms with E-state index < -0.39 is 5.97 Å². The first-order chi connectivity index (χ1) is 12.7. The fraction of sp³-hybridized carbons (Fsp3) is 0.0909. The smallest absolute Gasteiger partial charge is 0.337 e. The van der Waals surface area contributed by atoms with Crippen LogP contribution >= 0.6 is 0 Å². The van der Waals surface area contributed by atoms with Gasteiger partial charge in [0.1, 0.15) is 0 Å². The monoisotopic (exact) mass is 342 g/mol. The third kappa shape index (κ3) is 2.61. The maximum absolute atomic E-state index is 12.0. The Morgan fingerprint density at radius 1 is 0.885 bits per heavy atom. The van der Waals surface area contributed by atoms with Gasteiger partial charge < -0.3 is 10.8 Å². The molecular formula is C22H18N2O2. The third-order valence-corrected chi connectivity index (χ3v) is 4.65. The van der Waals surface area contributed by atoms with Crippen molar-refractivity contribution in [3.8, 4) is 11.1 Å². The molecule has 26 heavy (non-hydrogen) atoms. The van der Waals surface area contributed by atoms with Crippen molar-refractivity contribution in [3.63, 3.8) is 0 Å². The number of benzene rings is 3. The van der Waals surface area contributed by atoms with Crippen LogP contribution in [0.25, 0.3) is 32.9 Å². The summed E-state index contributed by atoms with van der Waals surface area (Å²) >= 11 is 0. The predicted molar refractivity (Wildman–Crippen MR) is 104 cm³/mol. The molecule has 3 aromatic carbocycles. The van der Waals surface area contributed by atoms with Crippen molar-refractivity contribution in [2.24, 2.45) is 5.73 Å². The number of hydrogen-bond donors (Lipinski definition) is 2. The van der Waals surface area contributed by atoms with Crippen LogP contribution in [-0.4, -0.2) is 22.6 Å². The molecule has 4 rings (SSSR count). The number of para-hydroxylation sites is 2. The minimum absolute atomic E-state index is 0.295. The van der Waals surface area contributed by atoms with Gasteiger partial charge in [0, 0.05) is 16.3 Å². The lowest BCUT2D eigenvalue weighted by molar-refractivity contribution is 0.0701. The number of nitrogens with two attached hydrogens (primary N) is 1. The lowest BCUT2D eigenvalue weighted by Crippen LogP contribution is -2.05. The van der Waals surface area contributed by atoms with Gasteiger partial charge in [0.25, 0.3) is 0 Å². The number of fused-ring (bicyclic) bond motifs is 2. The summed E-state index contributed by atoms with van der Waals surface area (Å²) in [4.78, 5) is 16.8. The molecule has 4 heteroatoms. The number of carbonyl (C=O) groups is 1. The number of carboxylic acids is 1. The van der Waals surface area contributed by atoms with Crippen LogP contribution in [0.1, 0.15) is 15.9 Å². The van der Waals surface area contributed by atoms with E-state index >= 15 is 0 Å². The van der Waals surface area contributed by atoms with Gasteiger partial charge in [0.2, 0.25) is 0 Å². The summed E-state index contributed by atoms with van der Waals surface area (Å²) in [5.41, 5.74) is 10.6. The van der Waals surface area contributed by atoms with E-state index in [1.54, 1.807) is 6.07 Å². The summed E-state index contributed by atoms with van der Waals surface area (Å²) in [5.74, 6) is -0.944. The standard InChI is InChI=1S/C22H18N2O2/c23-13-12-14-6-1-2-7-15(14)16-9-5-10-18-20(22(25)26)17-8-3-4-11-19(17)24-21(16)18/h1-11H,12-13,23H2,(H,25,26). The Bertz CT molecular complexity index is 1140. The van der Waals surface area contributed by atoms with Gasteiger partial charge in [-0.05, 0) is 30.2 Å². The Morgan fingerprint density at radius 2 is 1.58 bits per heavy atom. The molecule has 0 unspecified atom stereocenters. The molecule has 0 spiro atoms. The van der Waals surface area contributed by atoms with Gasteiger partial charge in [-0.2, -0.15) is 0 Å². The van der Waals surface area contributed by atoms with Crippen molar-refractivity contribution in [1.82, 2.24) is 4.98 Å². The van der Waals surface area contributed by atoms with E-state index in [0.717, 1.165) is 23.1 Å². The van der Waals surface area contributed by atoms with Crippen molar-refractivity contribution in [2.45, 2.75) is 6.42 Å². The van der Waals surface area contributed by atoms with Crippen LogP contribution < -0.4 is 5.73 Å². The van der Waals surface area contributed by atoms with Gasteiger partial charge in [-0.25, -0.2) is 9.78 Å². The summed E-state index contributed by atoms with van der Waals surface area (Å²) in [6.07, 6.45) is 0.756. The summed E-state index contributed by atoms with van der Waals surface area (Å²) in [5, 5.41) is 11.1. The third-order valence-electron chi connectivity index (χ3n) is 4.65. The van der Waals surface area contributed by atoms with Crippen molar-refractivity contribution in [2.75, 3.05) is 6.54 Å². The van der Waals surface area contributed by atoms with Crippen LogP contribution in [0.5, 0.6) is 0 Å². The molecule has 0 aliphatic heterocycles. The average molecular weight is 342 g/mol. The Kier molecular flexibility index (Phi) is 4.11. The van der Waals surface area contributed by atoms with E-state index in [9.17, 15) is 9.90 Å². The highest BCUT2D eigenvalue weighted by molar-refractivity contribution is 6.16. The fourth-order valence-electron chi connectivity index (χ4n) is 3.52. The first-order valence-electron chi connectivity index (χ1n) is 8.54. The molecule has 0 aliphatic carbocycles. The van der Waals surface area contributed by atoms with E-state index in [0.29, 0.717) is 33.9 Å². The van der Waals surface area contributed by atoms with Crippen LogP contribution in [0.4, 0.5) is 0 Å². The van der Waals surface area contributed by atoms with Gasteiger partial charge in [0.05, 0.1) is 16.6 Å². The van der Waals surface area contributed by atoms with E-state index in [1.165, 1.54) is 0 Å². The molecule has 0 fully saturated rings. The van der Waals surface area contributed by atoms with Crippen LogP contribution in [0, 0.1) is 0 Å². The SMILES string of the molecule is NCCc1ccccc1-c1cccc2c(C(=O)O)c3ccccc3nc12. The molecule has 0 aliphatic rings. The molecule has 3 N–H and O–H groups in total. The second-order valence-corrected chi connectivity index (χ2v) is 6.21. The summed E-state index contributed by atoms with van der Waals surface area (Å²) in [7, 11) is 0. The number of aromatic carboxylic acids is 1.